The standard InChI is InChI=1S/C23H19Cl3N2O4S/c24-18-12-20(26)21(13-19(18)25)27-23(29)14-32-16-7-9-17(10-8-16)33(30,31)28-11-3-5-15-4-1-2-6-22(15)28/h1-2,4,6-10,12-13H,3,5,11,14H2,(H,27,29). The van der Waals surface area contributed by atoms with Gasteiger partial charge in [0.2, 0.25) is 0 Å². The molecule has 1 aliphatic rings. The van der Waals surface area contributed by atoms with Crippen molar-refractivity contribution >= 4 is 62.1 Å². The number of benzene rings is 3. The monoisotopic (exact) mass is 524 g/mol. The molecule has 0 spiro atoms. The molecule has 3 aromatic rings. The first kappa shape index (κ1) is 23.7. The first-order chi connectivity index (χ1) is 15.8. The fourth-order valence-corrected chi connectivity index (χ4v) is 5.67. The lowest BCUT2D eigenvalue weighted by molar-refractivity contribution is -0.118. The number of nitrogens with one attached hydrogen (secondary N) is 1. The van der Waals surface area contributed by atoms with E-state index < -0.39 is 15.9 Å². The molecule has 33 heavy (non-hydrogen) atoms. The molecule has 0 bridgehead atoms. The first-order valence-electron chi connectivity index (χ1n) is 10.0. The molecule has 0 aromatic heterocycles. The second kappa shape index (κ2) is 9.81. The number of sulfonamides is 1. The molecule has 10 heteroatoms. The molecule has 1 aliphatic heterocycles. The molecule has 0 saturated heterocycles. The van der Waals surface area contributed by atoms with Gasteiger partial charge in [-0.3, -0.25) is 9.10 Å². The summed E-state index contributed by atoms with van der Waals surface area (Å²) in [4.78, 5) is 12.4. The van der Waals surface area contributed by atoms with E-state index in [9.17, 15) is 13.2 Å². The van der Waals surface area contributed by atoms with Gasteiger partial charge in [-0.25, -0.2) is 8.42 Å². The van der Waals surface area contributed by atoms with Crippen LogP contribution in [0.25, 0.3) is 0 Å². The minimum atomic E-state index is -3.72. The number of fused-ring (bicyclic) bond motifs is 1. The highest BCUT2D eigenvalue weighted by atomic mass is 35.5. The molecule has 0 unspecified atom stereocenters. The van der Waals surface area contributed by atoms with Crippen LogP contribution in [0.3, 0.4) is 0 Å². The number of ether oxygens (including phenoxy) is 1. The lowest BCUT2D eigenvalue weighted by atomic mass is 10.0. The SMILES string of the molecule is O=C(COc1ccc(S(=O)(=O)N2CCCc3ccccc32)cc1)Nc1cc(Cl)c(Cl)cc1Cl. The Labute approximate surface area is 207 Å². The average Bonchev–Trinajstić information content (AvgIpc) is 2.81. The van der Waals surface area contributed by atoms with Crippen LogP contribution >= 0.6 is 34.8 Å². The Morgan fingerprint density at radius 2 is 1.67 bits per heavy atom. The molecule has 0 saturated carbocycles. The van der Waals surface area contributed by atoms with Crippen molar-refractivity contribution in [3.63, 3.8) is 0 Å². The number of rotatable bonds is 6. The third kappa shape index (κ3) is 5.22. The summed E-state index contributed by atoms with van der Waals surface area (Å²) in [6.45, 7) is 0.122. The van der Waals surface area contributed by atoms with Crippen LogP contribution in [-0.2, 0) is 21.2 Å². The lowest BCUT2D eigenvalue weighted by Crippen LogP contribution is -2.35. The molecule has 1 N–H and O–H groups in total. The van der Waals surface area contributed by atoms with Crippen LogP contribution < -0.4 is 14.4 Å². The Morgan fingerprint density at radius 3 is 2.42 bits per heavy atom. The van der Waals surface area contributed by atoms with E-state index in [1.807, 2.05) is 24.3 Å². The van der Waals surface area contributed by atoms with Gasteiger partial charge in [0.15, 0.2) is 6.61 Å². The number of para-hydroxylation sites is 1. The Kier molecular flexibility index (Phi) is 7.05. The molecule has 4 rings (SSSR count). The Bertz CT molecular complexity index is 1300. The molecule has 0 atom stereocenters. The summed E-state index contributed by atoms with van der Waals surface area (Å²) in [6.07, 6.45) is 1.61. The van der Waals surface area contributed by atoms with Gasteiger partial charge in [0.1, 0.15) is 5.75 Å². The summed E-state index contributed by atoms with van der Waals surface area (Å²) in [5, 5.41) is 3.37. The van der Waals surface area contributed by atoms with Crippen molar-refractivity contribution in [2.45, 2.75) is 17.7 Å². The Hall–Kier alpha value is -2.45. The van der Waals surface area contributed by atoms with Crippen molar-refractivity contribution in [2.75, 3.05) is 22.8 Å². The van der Waals surface area contributed by atoms with Gasteiger partial charge in [-0.1, -0.05) is 53.0 Å². The third-order valence-electron chi connectivity index (χ3n) is 5.13. The zero-order chi connectivity index (χ0) is 23.6. The number of hydrogen-bond donors (Lipinski definition) is 1. The summed E-state index contributed by atoms with van der Waals surface area (Å²) in [7, 11) is -3.72. The maximum Gasteiger partial charge on any atom is 0.264 e. The van der Waals surface area contributed by atoms with Gasteiger partial charge < -0.3 is 10.1 Å². The fourth-order valence-electron chi connectivity index (χ4n) is 3.54. The highest BCUT2D eigenvalue weighted by molar-refractivity contribution is 7.92. The third-order valence-corrected chi connectivity index (χ3v) is 8.00. The smallest absolute Gasteiger partial charge is 0.264 e. The van der Waals surface area contributed by atoms with E-state index >= 15 is 0 Å². The summed E-state index contributed by atoms with van der Waals surface area (Å²) >= 11 is 17.9. The second-order valence-electron chi connectivity index (χ2n) is 7.36. The van der Waals surface area contributed by atoms with Crippen LogP contribution in [0.15, 0.2) is 65.6 Å². The first-order valence-corrected chi connectivity index (χ1v) is 12.6. The predicted octanol–water partition coefficient (Wildman–Crippen LogP) is 5.81. The fraction of sp³-hybridized carbons (Fsp3) is 0.174. The number of anilines is 2. The number of carbonyl (C=O) groups is 1. The largest absolute Gasteiger partial charge is 0.484 e. The van der Waals surface area contributed by atoms with E-state index in [0.717, 1.165) is 18.4 Å². The van der Waals surface area contributed by atoms with Crippen LogP contribution in [0.4, 0.5) is 11.4 Å². The average molecular weight is 526 g/mol. The topological polar surface area (TPSA) is 75.7 Å². The van der Waals surface area contributed by atoms with E-state index in [4.69, 9.17) is 39.5 Å². The van der Waals surface area contributed by atoms with Gasteiger partial charge in [-0.15, -0.1) is 0 Å². The van der Waals surface area contributed by atoms with Crippen LogP contribution in [-0.4, -0.2) is 27.5 Å². The molecule has 0 fully saturated rings. The molecule has 0 aliphatic carbocycles. The Balaban J connectivity index is 1.42. The maximum absolute atomic E-state index is 13.2. The molecule has 3 aromatic carbocycles. The molecular formula is C23H19Cl3N2O4S. The second-order valence-corrected chi connectivity index (χ2v) is 10.4. The molecule has 1 amide bonds. The number of hydrogen-bond acceptors (Lipinski definition) is 4. The summed E-state index contributed by atoms with van der Waals surface area (Å²) in [5.74, 6) is -0.111. The minimum Gasteiger partial charge on any atom is -0.484 e. The molecule has 6 nitrogen and oxygen atoms in total. The van der Waals surface area contributed by atoms with Gasteiger partial charge in [-0.05, 0) is 60.9 Å². The summed E-state index contributed by atoms with van der Waals surface area (Å²) < 4.78 is 33.3. The summed E-state index contributed by atoms with van der Waals surface area (Å²) in [6, 6.07) is 16.4. The van der Waals surface area contributed by atoms with Crippen LogP contribution in [0.2, 0.25) is 15.1 Å². The van der Waals surface area contributed by atoms with Gasteiger partial charge >= 0.3 is 0 Å². The van der Waals surface area contributed by atoms with Crippen LogP contribution in [0.1, 0.15) is 12.0 Å². The van der Waals surface area contributed by atoms with Gasteiger partial charge in [0, 0.05) is 6.54 Å². The molecule has 1 heterocycles. The van der Waals surface area contributed by atoms with Gasteiger partial charge in [-0.2, -0.15) is 0 Å². The highest BCUT2D eigenvalue weighted by Gasteiger charge is 2.28. The quantitative estimate of drug-likeness (QED) is 0.412. The van der Waals surface area contributed by atoms with E-state index in [2.05, 4.69) is 5.32 Å². The van der Waals surface area contributed by atoms with Crippen LogP contribution in [0, 0.1) is 0 Å². The van der Waals surface area contributed by atoms with Gasteiger partial charge in [0.05, 0.1) is 31.3 Å². The highest BCUT2D eigenvalue weighted by Crippen LogP contribution is 2.33. The lowest BCUT2D eigenvalue weighted by Gasteiger charge is -2.30. The molecule has 172 valence electrons. The zero-order valence-corrected chi connectivity index (χ0v) is 20.3. The number of aryl methyl sites for hydroxylation is 1. The Morgan fingerprint density at radius 1 is 0.970 bits per heavy atom. The number of nitrogens with zero attached hydrogens (tertiary/aromatic N) is 1. The van der Waals surface area contributed by atoms with E-state index in [-0.39, 0.29) is 26.6 Å². The van der Waals surface area contributed by atoms with Crippen molar-refractivity contribution < 1.29 is 17.9 Å². The molecule has 0 radical (unpaired) electrons. The van der Waals surface area contributed by atoms with Gasteiger partial charge in [0.25, 0.3) is 15.9 Å². The minimum absolute atomic E-state index is 0.151. The zero-order valence-electron chi connectivity index (χ0n) is 17.2. The molecular weight excluding hydrogens is 507 g/mol. The van der Waals surface area contributed by atoms with Crippen molar-refractivity contribution in [1.82, 2.24) is 0 Å². The van der Waals surface area contributed by atoms with E-state index in [1.165, 1.54) is 40.7 Å². The number of halogens is 3. The van der Waals surface area contributed by atoms with Crippen molar-refractivity contribution in [3.8, 4) is 5.75 Å². The maximum atomic E-state index is 13.2. The van der Waals surface area contributed by atoms with Crippen LogP contribution in [0.5, 0.6) is 5.75 Å². The number of amides is 1. The summed E-state index contributed by atoms with van der Waals surface area (Å²) in [5.41, 5.74) is 2.03. The van der Waals surface area contributed by atoms with Crippen molar-refractivity contribution in [3.05, 3.63) is 81.3 Å². The van der Waals surface area contributed by atoms with E-state index in [1.54, 1.807) is 0 Å². The number of carbonyl (C=O) groups excluding carboxylic acids is 1. The van der Waals surface area contributed by atoms with Crippen molar-refractivity contribution in [1.29, 1.82) is 0 Å². The van der Waals surface area contributed by atoms with E-state index in [0.29, 0.717) is 23.7 Å². The predicted molar refractivity (Wildman–Crippen MR) is 131 cm³/mol. The normalized spacial score (nSPS) is 13.4. The van der Waals surface area contributed by atoms with Crippen molar-refractivity contribution in [2.24, 2.45) is 0 Å².